The number of amides is 1. The van der Waals surface area contributed by atoms with E-state index in [2.05, 4.69) is 36.3 Å². The highest BCUT2D eigenvalue weighted by atomic mass is 16.1. The minimum Gasteiger partial charge on any atom is -0.326 e. The molecule has 1 amide bonds. The Balaban J connectivity index is 1.71. The van der Waals surface area contributed by atoms with E-state index in [-0.39, 0.29) is 5.91 Å². The molecule has 0 spiro atoms. The Morgan fingerprint density at radius 3 is 2.68 bits per heavy atom. The summed E-state index contributed by atoms with van der Waals surface area (Å²) in [6.45, 7) is 4.30. The Labute approximate surface area is 129 Å². The summed E-state index contributed by atoms with van der Waals surface area (Å²) in [5, 5.41) is 2.94. The molecule has 0 radical (unpaired) electrons. The number of carbonyl (C=O) groups is 1. The second-order valence-electron chi connectivity index (χ2n) is 5.67. The molecule has 2 aromatic heterocycles. The van der Waals surface area contributed by atoms with Crippen LogP contribution in [0, 0.1) is 0 Å². The maximum Gasteiger partial charge on any atom is 0.230 e. The van der Waals surface area contributed by atoms with Gasteiger partial charge in [0.1, 0.15) is 5.65 Å². The van der Waals surface area contributed by atoms with Crippen LogP contribution >= 0.6 is 0 Å². The van der Waals surface area contributed by atoms with E-state index in [1.165, 1.54) is 5.56 Å². The number of benzene rings is 1. The van der Waals surface area contributed by atoms with Gasteiger partial charge in [-0.15, -0.1) is 0 Å². The van der Waals surface area contributed by atoms with Gasteiger partial charge in [0.25, 0.3) is 0 Å². The summed E-state index contributed by atoms with van der Waals surface area (Å²) in [5.74, 6) is 0.460. The van der Waals surface area contributed by atoms with Crippen molar-refractivity contribution in [3.05, 3.63) is 66.1 Å². The predicted octanol–water partition coefficient (Wildman–Crippen LogP) is 3.64. The van der Waals surface area contributed by atoms with Crippen molar-refractivity contribution in [2.24, 2.45) is 0 Å². The average Bonchev–Trinajstić information content (AvgIpc) is 2.97. The number of imidazole rings is 1. The van der Waals surface area contributed by atoms with Gasteiger partial charge in [-0.3, -0.25) is 4.79 Å². The van der Waals surface area contributed by atoms with Crippen LogP contribution in [0.4, 0.5) is 5.69 Å². The summed E-state index contributed by atoms with van der Waals surface area (Å²) in [4.78, 5) is 16.4. The van der Waals surface area contributed by atoms with Gasteiger partial charge in [-0.1, -0.05) is 32.0 Å². The molecule has 1 N–H and O–H groups in total. The van der Waals surface area contributed by atoms with Gasteiger partial charge in [0.05, 0.1) is 6.42 Å². The number of carbonyl (C=O) groups excluding carboxylic acids is 1. The first-order valence-electron chi connectivity index (χ1n) is 7.44. The second kappa shape index (κ2) is 6.02. The Morgan fingerprint density at radius 1 is 1.18 bits per heavy atom. The van der Waals surface area contributed by atoms with Gasteiger partial charge in [0, 0.05) is 23.8 Å². The molecular weight excluding hydrogens is 274 g/mol. The third-order valence-electron chi connectivity index (χ3n) is 3.72. The van der Waals surface area contributed by atoms with Crippen molar-refractivity contribution in [3.8, 4) is 0 Å². The lowest BCUT2D eigenvalue weighted by Crippen LogP contribution is -2.16. The van der Waals surface area contributed by atoms with Crippen LogP contribution in [0.5, 0.6) is 0 Å². The van der Waals surface area contributed by atoms with E-state index in [9.17, 15) is 4.79 Å². The molecule has 0 saturated heterocycles. The molecule has 0 saturated carbocycles. The molecule has 3 aromatic rings. The average molecular weight is 293 g/mol. The molecule has 112 valence electrons. The maximum absolute atomic E-state index is 12.2. The summed E-state index contributed by atoms with van der Waals surface area (Å²) in [7, 11) is 0. The number of nitrogens with one attached hydrogen (secondary N) is 1. The Kier molecular flexibility index (Phi) is 3.92. The van der Waals surface area contributed by atoms with Crippen molar-refractivity contribution in [3.63, 3.8) is 0 Å². The number of nitrogens with zero attached hydrogens (tertiary/aromatic N) is 2. The van der Waals surface area contributed by atoms with E-state index in [1.54, 1.807) is 6.20 Å². The van der Waals surface area contributed by atoms with Crippen molar-refractivity contribution in [2.75, 3.05) is 5.32 Å². The van der Waals surface area contributed by atoms with Gasteiger partial charge in [-0.25, -0.2) is 4.98 Å². The number of hydrogen-bond donors (Lipinski definition) is 1. The van der Waals surface area contributed by atoms with E-state index in [0.717, 1.165) is 17.0 Å². The van der Waals surface area contributed by atoms with Gasteiger partial charge in [-0.05, 0) is 35.7 Å². The predicted molar refractivity (Wildman–Crippen MR) is 88.1 cm³/mol. The van der Waals surface area contributed by atoms with Crippen molar-refractivity contribution >= 4 is 17.2 Å². The van der Waals surface area contributed by atoms with Crippen molar-refractivity contribution in [1.82, 2.24) is 9.38 Å². The zero-order valence-corrected chi connectivity index (χ0v) is 12.8. The highest BCUT2D eigenvalue weighted by molar-refractivity contribution is 5.92. The third kappa shape index (κ3) is 3.01. The standard InChI is InChI=1S/C18H19N3O/c1-13(2)14-6-8-15(9-7-14)20-18(22)12-16-4-3-5-17-19-10-11-21(16)17/h3-11,13H,12H2,1-2H3,(H,20,22). The number of fused-ring (bicyclic) bond motifs is 1. The SMILES string of the molecule is CC(C)c1ccc(NC(=O)Cc2cccc3nccn23)cc1. The molecular formula is C18H19N3O. The minimum atomic E-state index is -0.0292. The fraction of sp³-hybridized carbons (Fsp3) is 0.222. The largest absolute Gasteiger partial charge is 0.326 e. The Bertz CT molecular complexity index is 787. The molecule has 0 aliphatic heterocycles. The minimum absolute atomic E-state index is 0.0292. The summed E-state index contributed by atoms with van der Waals surface area (Å²) >= 11 is 0. The molecule has 4 heteroatoms. The highest BCUT2D eigenvalue weighted by Crippen LogP contribution is 2.17. The zero-order valence-electron chi connectivity index (χ0n) is 12.8. The summed E-state index contributed by atoms with van der Waals surface area (Å²) in [6.07, 6.45) is 3.93. The maximum atomic E-state index is 12.2. The molecule has 0 fully saturated rings. The molecule has 1 aromatic carbocycles. The van der Waals surface area contributed by atoms with Crippen molar-refractivity contribution in [1.29, 1.82) is 0 Å². The Morgan fingerprint density at radius 2 is 1.95 bits per heavy atom. The van der Waals surface area contributed by atoms with Crippen LogP contribution in [0.25, 0.3) is 5.65 Å². The summed E-state index contributed by atoms with van der Waals surface area (Å²) in [5.41, 5.74) is 3.87. The van der Waals surface area contributed by atoms with Crippen LogP contribution in [-0.4, -0.2) is 15.3 Å². The van der Waals surface area contributed by atoms with E-state index in [4.69, 9.17) is 0 Å². The summed E-state index contributed by atoms with van der Waals surface area (Å²) < 4.78 is 1.93. The van der Waals surface area contributed by atoms with Gasteiger partial charge >= 0.3 is 0 Å². The number of rotatable bonds is 4. The second-order valence-corrected chi connectivity index (χ2v) is 5.67. The molecule has 2 heterocycles. The molecule has 0 unspecified atom stereocenters. The van der Waals surface area contributed by atoms with Crippen molar-refractivity contribution in [2.45, 2.75) is 26.2 Å². The number of aromatic nitrogens is 2. The highest BCUT2D eigenvalue weighted by Gasteiger charge is 2.08. The van der Waals surface area contributed by atoms with Crippen LogP contribution in [0.3, 0.4) is 0 Å². The molecule has 0 aliphatic carbocycles. The fourth-order valence-corrected chi connectivity index (χ4v) is 2.47. The van der Waals surface area contributed by atoms with Gasteiger partial charge in [0.2, 0.25) is 5.91 Å². The molecule has 0 aliphatic rings. The van der Waals surface area contributed by atoms with E-state index < -0.39 is 0 Å². The van der Waals surface area contributed by atoms with E-state index in [1.807, 2.05) is 40.9 Å². The molecule has 0 atom stereocenters. The first kappa shape index (κ1) is 14.3. The first-order valence-corrected chi connectivity index (χ1v) is 7.44. The van der Waals surface area contributed by atoms with Crippen LogP contribution < -0.4 is 5.32 Å². The van der Waals surface area contributed by atoms with Crippen molar-refractivity contribution < 1.29 is 4.79 Å². The number of hydrogen-bond acceptors (Lipinski definition) is 2. The number of anilines is 1. The summed E-state index contributed by atoms with van der Waals surface area (Å²) in [6, 6.07) is 13.8. The molecule has 0 bridgehead atoms. The van der Waals surface area contributed by atoms with Crippen LogP contribution in [0.2, 0.25) is 0 Å². The first-order chi connectivity index (χ1) is 10.6. The quantitative estimate of drug-likeness (QED) is 0.798. The molecule has 4 nitrogen and oxygen atoms in total. The molecule has 22 heavy (non-hydrogen) atoms. The topological polar surface area (TPSA) is 46.4 Å². The zero-order chi connectivity index (χ0) is 15.5. The van der Waals surface area contributed by atoms with Crippen LogP contribution in [0.15, 0.2) is 54.9 Å². The number of pyridine rings is 1. The normalized spacial score (nSPS) is 11.0. The van der Waals surface area contributed by atoms with E-state index >= 15 is 0 Å². The Hall–Kier alpha value is -2.62. The van der Waals surface area contributed by atoms with Gasteiger partial charge < -0.3 is 9.72 Å². The smallest absolute Gasteiger partial charge is 0.230 e. The lowest BCUT2D eigenvalue weighted by atomic mass is 10.0. The third-order valence-corrected chi connectivity index (χ3v) is 3.72. The van der Waals surface area contributed by atoms with Crippen LogP contribution in [-0.2, 0) is 11.2 Å². The van der Waals surface area contributed by atoms with Gasteiger partial charge in [-0.2, -0.15) is 0 Å². The lowest BCUT2D eigenvalue weighted by Gasteiger charge is -2.09. The fourth-order valence-electron chi connectivity index (χ4n) is 2.47. The monoisotopic (exact) mass is 293 g/mol. The van der Waals surface area contributed by atoms with E-state index in [0.29, 0.717) is 12.3 Å². The van der Waals surface area contributed by atoms with Crippen LogP contribution in [0.1, 0.15) is 31.0 Å². The lowest BCUT2D eigenvalue weighted by molar-refractivity contribution is -0.115. The molecule has 3 rings (SSSR count). The van der Waals surface area contributed by atoms with Gasteiger partial charge in [0.15, 0.2) is 0 Å².